The summed E-state index contributed by atoms with van der Waals surface area (Å²) in [7, 11) is 0. The molecule has 0 saturated carbocycles. The highest BCUT2D eigenvalue weighted by molar-refractivity contribution is 7.09. The third-order valence-electron chi connectivity index (χ3n) is 2.43. The van der Waals surface area contributed by atoms with E-state index in [0.29, 0.717) is 0 Å². The van der Waals surface area contributed by atoms with Gasteiger partial charge in [0, 0.05) is 11.1 Å². The first-order valence-corrected chi connectivity index (χ1v) is 6.10. The third-order valence-corrected chi connectivity index (χ3v) is 3.20. The molecule has 1 aromatic carbocycles. The maximum absolute atomic E-state index is 4.43. The molecule has 2 aromatic heterocycles. The summed E-state index contributed by atoms with van der Waals surface area (Å²) in [6.45, 7) is 1.98. The van der Waals surface area contributed by atoms with Gasteiger partial charge in [0.05, 0.1) is 5.01 Å². The molecule has 3 aromatic rings. The molecule has 0 aliphatic rings. The van der Waals surface area contributed by atoms with E-state index in [9.17, 15) is 0 Å². The predicted octanol–water partition coefficient (Wildman–Crippen LogP) is 2.70. The van der Waals surface area contributed by atoms with Crippen LogP contribution in [0.3, 0.4) is 0 Å². The Kier molecular flexibility index (Phi) is 2.45. The molecule has 4 nitrogen and oxygen atoms in total. The van der Waals surface area contributed by atoms with E-state index in [4.69, 9.17) is 0 Å². The smallest absolute Gasteiger partial charge is 0.187 e. The highest BCUT2D eigenvalue weighted by atomic mass is 32.1. The number of rotatable bonds is 2. The van der Waals surface area contributed by atoms with Gasteiger partial charge in [0.25, 0.3) is 0 Å². The molecule has 0 N–H and O–H groups in total. The average molecular weight is 242 g/mol. The molecule has 0 saturated heterocycles. The number of benzene rings is 1. The van der Waals surface area contributed by atoms with Crippen LogP contribution < -0.4 is 0 Å². The van der Waals surface area contributed by atoms with E-state index in [1.807, 2.05) is 47.2 Å². The second kappa shape index (κ2) is 4.10. The summed E-state index contributed by atoms with van der Waals surface area (Å²) in [5.74, 6) is 0.778. The third kappa shape index (κ3) is 1.85. The number of aromatic nitrogens is 4. The zero-order valence-corrected chi connectivity index (χ0v) is 10.1. The topological polar surface area (TPSA) is 43.6 Å². The van der Waals surface area contributed by atoms with Crippen molar-refractivity contribution in [1.82, 2.24) is 19.7 Å². The van der Waals surface area contributed by atoms with E-state index in [2.05, 4.69) is 15.2 Å². The van der Waals surface area contributed by atoms with Crippen LogP contribution in [0.4, 0.5) is 0 Å². The number of para-hydroxylation sites is 1. The Balaban J connectivity index is 2.12. The van der Waals surface area contributed by atoms with Gasteiger partial charge in [0.15, 0.2) is 5.82 Å². The van der Waals surface area contributed by atoms with Gasteiger partial charge in [-0.25, -0.2) is 4.98 Å². The summed E-state index contributed by atoms with van der Waals surface area (Å²) >= 11 is 1.61. The van der Waals surface area contributed by atoms with Gasteiger partial charge in [-0.3, -0.25) is 4.57 Å². The number of thiazole rings is 1. The summed E-state index contributed by atoms with van der Waals surface area (Å²) in [5.41, 5.74) is 1.91. The number of hydrogen-bond acceptors (Lipinski definition) is 4. The summed E-state index contributed by atoms with van der Waals surface area (Å²) in [6, 6.07) is 10.0. The van der Waals surface area contributed by atoms with Gasteiger partial charge < -0.3 is 0 Å². The standard InChI is InChI=1S/C12H10N4S/c1-9-14-11(7-17-9)12-15-13-8-16(12)10-5-3-2-4-6-10/h2-8H,1H3. The number of hydrogen-bond donors (Lipinski definition) is 0. The van der Waals surface area contributed by atoms with Crippen LogP contribution in [-0.2, 0) is 0 Å². The van der Waals surface area contributed by atoms with Crippen LogP contribution in [0.2, 0.25) is 0 Å². The molecule has 0 bridgehead atoms. The summed E-state index contributed by atoms with van der Waals surface area (Å²) in [6.07, 6.45) is 1.71. The Morgan fingerprint density at radius 2 is 2.00 bits per heavy atom. The minimum Gasteiger partial charge on any atom is -0.280 e. The lowest BCUT2D eigenvalue weighted by atomic mass is 10.3. The van der Waals surface area contributed by atoms with Crippen LogP contribution in [0.1, 0.15) is 5.01 Å². The molecule has 17 heavy (non-hydrogen) atoms. The quantitative estimate of drug-likeness (QED) is 0.694. The van der Waals surface area contributed by atoms with Crippen molar-refractivity contribution in [3.8, 4) is 17.2 Å². The van der Waals surface area contributed by atoms with Gasteiger partial charge in [-0.1, -0.05) is 18.2 Å². The van der Waals surface area contributed by atoms with E-state index in [0.717, 1.165) is 22.2 Å². The van der Waals surface area contributed by atoms with Crippen molar-refractivity contribution in [1.29, 1.82) is 0 Å². The van der Waals surface area contributed by atoms with E-state index in [-0.39, 0.29) is 0 Å². The Labute approximate surface area is 103 Å². The van der Waals surface area contributed by atoms with E-state index < -0.39 is 0 Å². The fraction of sp³-hybridized carbons (Fsp3) is 0.0833. The molecule has 0 aliphatic carbocycles. The van der Waals surface area contributed by atoms with Crippen LogP contribution in [0, 0.1) is 6.92 Å². The number of aryl methyl sites for hydroxylation is 1. The minimum atomic E-state index is 0.778. The van der Waals surface area contributed by atoms with Crippen LogP contribution in [0.15, 0.2) is 42.0 Å². The Morgan fingerprint density at radius 1 is 1.18 bits per heavy atom. The van der Waals surface area contributed by atoms with Gasteiger partial charge in [-0.2, -0.15) is 0 Å². The lowest BCUT2D eigenvalue weighted by Gasteiger charge is -2.03. The van der Waals surface area contributed by atoms with Crippen molar-refractivity contribution in [2.45, 2.75) is 6.92 Å². The molecule has 5 heteroatoms. The molecule has 0 unspecified atom stereocenters. The van der Waals surface area contributed by atoms with E-state index in [1.54, 1.807) is 17.7 Å². The summed E-state index contributed by atoms with van der Waals surface area (Å²) in [5, 5.41) is 11.1. The van der Waals surface area contributed by atoms with Crippen LogP contribution in [0.5, 0.6) is 0 Å². The molecule has 3 rings (SSSR count). The first-order valence-electron chi connectivity index (χ1n) is 5.22. The first-order chi connectivity index (χ1) is 8.34. The zero-order valence-electron chi connectivity index (χ0n) is 9.24. The second-order valence-electron chi connectivity index (χ2n) is 3.61. The van der Waals surface area contributed by atoms with Crippen LogP contribution in [0.25, 0.3) is 17.2 Å². The Hall–Kier alpha value is -2.01. The lowest BCUT2D eigenvalue weighted by Crippen LogP contribution is -1.95. The maximum atomic E-state index is 4.43. The van der Waals surface area contributed by atoms with Gasteiger partial charge in [-0.15, -0.1) is 21.5 Å². The molecular weight excluding hydrogens is 232 g/mol. The fourth-order valence-electron chi connectivity index (χ4n) is 1.65. The molecule has 0 amide bonds. The molecule has 84 valence electrons. The van der Waals surface area contributed by atoms with Crippen molar-refractivity contribution >= 4 is 11.3 Å². The molecule has 0 atom stereocenters. The summed E-state index contributed by atoms with van der Waals surface area (Å²) in [4.78, 5) is 4.43. The maximum Gasteiger partial charge on any atom is 0.187 e. The molecular formula is C12H10N4S. The van der Waals surface area contributed by atoms with Crippen molar-refractivity contribution < 1.29 is 0 Å². The zero-order chi connectivity index (χ0) is 11.7. The van der Waals surface area contributed by atoms with Gasteiger partial charge in [0.2, 0.25) is 0 Å². The van der Waals surface area contributed by atoms with Crippen molar-refractivity contribution in [3.05, 3.63) is 47.0 Å². The molecule has 0 radical (unpaired) electrons. The van der Waals surface area contributed by atoms with Crippen molar-refractivity contribution in [2.24, 2.45) is 0 Å². The van der Waals surface area contributed by atoms with E-state index in [1.165, 1.54) is 0 Å². The average Bonchev–Trinajstić information content (AvgIpc) is 2.98. The monoisotopic (exact) mass is 242 g/mol. The fourth-order valence-corrected chi connectivity index (χ4v) is 2.24. The van der Waals surface area contributed by atoms with Crippen LogP contribution >= 0.6 is 11.3 Å². The first kappa shape index (κ1) is 10.2. The highest BCUT2D eigenvalue weighted by Crippen LogP contribution is 2.21. The summed E-state index contributed by atoms with van der Waals surface area (Å²) < 4.78 is 1.94. The van der Waals surface area contributed by atoms with Crippen molar-refractivity contribution in [3.63, 3.8) is 0 Å². The largest absolute Gasteiger partial charge is 0.280 e. The highest BCUT2D eigenvalue weighted by Gasteiger charge is 2.11. The Morgan fingerprint density at radius 3 is 2.71 bits per heavy atom. The second-order valence-corrected chi connectivity index (χ2v) is 4.67. The molecule has 0 spiro atoms. The Bertz CT molecular complexity index is 627. The molecule has 2 heterocycles. The SMILES string of the molecule is Cc1nc(-c2nncn2-c2ccccc2)cs1. The van der Waals surface area contributed by atoms with Gasteiger partial charge in [0.1, 0.15) is 12.0 Å². The lowest BCUT2D eigenvalue weighted by molar-refractivity contribution is 1.05. The normalized spacial score (nSPS) is 10.6. The predicted molar refractivity (Wildman–Crippen MR) is 67.2 cm³/mol. The number of nitrogens with zero attached hydrogens (tertiary/aromatic N) is 4. The van der Waals surface area contributed by atoms with Crippen molar-refractivity contribution in [2.75, 3.05) is 0 Å². The van der Waals surface area contributed by atoms with E-state index >= 15 is 0 Å². The van der Waals surface area contributed by atoms with Gasteiger partial charge in [-0.05, 0) is 19.1 Å². The minimum absolute atomic E-state index is 0.778. The molecule has 0 aliphatic heterocycles. The van der Waals surface area contributed by atoms with Crippen LogP contribution in [-0.4, -0.2) is 19.7 Å². The molecule has 0 fully saturated rings. The van der Waals surface area contributed by atoms with Gasteiger partial charge >= 0.3 is 0 Å².